The standard InChI is InChI=1S/C28H36N4O6/c1-28(2,3)38-27(35)30-13-15-37-17-16-36-14-5-6-19-8-9-22-21(18-19)20-7-4-12-29-25(20)32(22)23-10-11-24(33)31-26(23)34/h4,7-9,12,18,23H,5-6,10-11,13-17H2,1-3H3,(H,30,35)(H,31,33,34). The number of aryl methyl sites for hydroxylation is 1. The van der Waals surface area contributed by atoms with Crippen molar-refractivity contribution in [2.45, 2.75) is 58.1 Å². The third-order valence-corrected chi connectivity index (χ3v) is 6.19. The van der Waals surface area contributed by atoms with E-state index >= 15 is 0 Å². The third-order valence-electron chi connectivity index (χ3n) is 6.19. The van der Waals surface area contributed by atoms with E-state index in [4.69, 9.17) is 14.2 Å². The zero-order valence-electron chi connectivity index (χ0n) is 22.2. The lowest BCUT2D eigenvalue weighted by Crippen LogP contribution is -2.41. The van der Waals surface area contributed by atoms with Crippen LogP contribution in [-0.4, -0.2) is 66.0 Å². The lowest BCUT2D eigenvalue weighted by atomic mass is 10.0. The fourth-order valence-corrected chi connectivity index (χ4v) is 4.56. The highest BCUT2D eigenvalue weighted by molar-refractivity contribution is 6.09. The Morgan fingerprint density at radius 3 is 2.66 bits per heavy atom. The molecular formula is C28H36N4O6. The molecule has 0 radical (unpaired) electrons. The van der Waals surface area contributed by atoms with Crippen LogP contribution in [0.2, 0.25) is 0 Å². The van der Waals surface area contributed by atoms with E-state index in [1.807, 2.05) is 43.5 Å². The largest absolute Gasteiger partial charge is 0.444 e. The van der Waals surface area contributed by atoms with Crippen molar-refractivity contribution in [2.24, 2.45) is 0 Å². The lowest BCUT2D eigenvalue weighted by molar-refractivity contribution is -0.135. The second-order valence-corrected chi connectivity index (χ2v) is 10.3. The van der Waals surface area contributed by atoms with Crippen molar-refractivity contribution in [1.82, 2.24) is 20.2 Å². The molecule has 2 aromatic heterocycles. The summed E-state index contributed by atoms with van der Waals surface area (Å²) >= 11 is 0. The van der Waals surface area contributed by atoms with Crippen molar-refractivity contribution in [1.29, 1.82) is 0 Å². The number of rotatable bonds is 11. The van der Waals surface area contributed by atoms with Crippen molar-refractivity contribution in [3.63, 3.8) is 0 Å². The van der Waals surface area contributed by atoms with E-state index in [0.717, 1.165) is 34.8 Å². The number of pyridine rings is 1. The summed E-state index contributed by atoms with van der Waals surface area (Å²) in [5.41, 5.74) is 2.35. The summed E-state index contributed by atoms with van der Waals surface area (Å²) in [4.78, 5) is 40.4. The van der Waals surface area contributed by atoms with Gasteiger partial charge in [0.05, 0.1) is 25.3 Å². The molecule has 0 saturated carbocycles. The van der Waals surface area contributed by atoms with E-state index in [0.29, 0.717) is 45.8 Å². The van der Waals surface area contributed by atoms with E-state index < -0.39 is 17.7 Å². The fraction of sp³-hybridized carbons (Fsp3) is 0.500. The van der Waals surface area contributed by atoms with E-state index in [9.17, 15) is 14.4 Å². The number of fused-ring (bicyclic) bond motifs is 3. The van der Waals surface area contributed by atoms with Crippen LogP contribution >= 0.6 is 0 Å². The first-order valence-corrected chi connectivity index (χ1v) is 13.1. The summed E-state index contributed by atoms with van der Waals surface area (Å²) in [6.07, 6.45) is 3.76. The van der Waals surface area contributed by atoms with Gasteiger partial charge < -0.3 is 24.1 Å². The van der Waals surface area contributed by atoms with Gasteiger partial charge in [0.1, 0.15) is 17.3 Å². The Hall–Kier alpha value is -3.50. The van der Waals surface area contributed by atoms with Crippen LogP contribution in [0, 0.1) is 0 Å². The Bertz CT molecular complexity index is 1300. The first-order chi connectivity index (χ1) is 18.2. The summed E-state index contributed by atoms with van der Waals surface area (Å²) in [6, 6.07) is 9.72. The minimum atomic E-state index is -0.517. The van der Waals surface area contributed by atoms with Gasteiger partial charge in [-0.3, -0.25) is 14.9 Å². The van der Waals surface area contributed by atoms with Crippen LogP contribution in [0.4, 0.5) is 4.79 Å². The topological polar surface area (TPSA) is 121 Å². The molecule has 1 saturated heterocycles. The summed E-state index contributed by atoms with van der Waals surface area (Å²) in [5.74, 6) is -0.513. The lowest BCUT2D eigenvalue weighted by Gasteiger charge is -2.23. The predicted molar refractivity (Wildman–Crippen MR) is 143 cm³/mol. The molecule has 0 spiro atoms. The molecule has 1 fully saturated rings. The molecular weight excluding hydrogens is 488 g/mol. The minimum Gasteiger partial charge on any atom is -0.444 e. The molecule has 4 rings (SSSR count). The number of amides is 3. The Balaban J connectivity index is 1.24. The summed E-state index contributed by atoms with van der Waals surface area (Å²) < 4.78 is 18.3. The summed E-state index contributed by atoms with van der Waals surface area (Å²) in [6.45, 7) is 7.77. The van der Waals surface area contributed by atoms with Gasteiger partial charge >= 0.3 is 6.09 Å². The van der Waals surface area contributed by atoms with Gasteiger partial charge in [-0.1, -0.05) is 6.07 Å². The summed E-state index contributed by atoms with van der Waals surface area (Å²) in [5, 5.41) is 7.14. The number of imide groups is 1. The number of piperidine rings is 1. The van der Waals surface area contributed by atoms with Crippen molar-refractivity contribution >= 4 is 39.8 Å². The molecule has 38 heavy (non-hydrogen) atoms. The normalized spacial score (nSPS) is 16.1. The first-order valence-electron chi connectivity index (χ1n) is 13.1. The molecule has 0 bridgehead atoms. The van der Waals surface area contributed by atoms with Crippen LogP contribution in [0.15, 0.2) is 36.5 Å². The molecule has 2 N–H and O–H groups in total. The molecule has 3 aromatic rings. The molecule has 3 amide bonds. The van der Waals surface area contributed by atoms with Gasteiger partial charge in [0.2, 0.25) is 11.8 Å². The van der Waals surface area contributed by atoms with E-state index in [1.54, 1.807) is 6.20 Å². The van der Waals surface area contributed by atoms with Crippen LogP contribution in [0.5, 0.6) is 0 Å². The zero-order valence-corrected chi connectivity index (χ0v) is 22.2. The van der Waals surface area contributed by atoms with Crippen LogP contribution in [-0.2, 0) is 30.2 Å². The minimum absolute atomic E-state index is 0.230. The SMILES string of the molecule is CC(C)(C)OC(=O)NCCOCCOCCCc1ccc2c(c1)c1cccnc1n2C1CCC(=O)NC1=O. The molecule has 0 aliphatic carbocycles. The van der Waals surface area contributed by atoms with Gasteiger partial charge in [-0.15, -0.1) is 0 Å². The predicted octanol–water partition coefficient (Wildman–Crippen LogP) is 3.66. The Kier molecular flexibility index (Phi) is 8.96. The Morgan fingerprint density at radius 1 is 1.11 bits per heavy atom. The molecule has 1 aliphatic rings. The summed E-state index contributed by atoms with van der Waals surface area (Å²) in [7, 11) is 0. The first kappa shape index (κ1) is 27.5. The van der Waals surface area contributed by atoms with Gasteiger partial charge in [-0.05, 0) is 69.9 Å². The van der Waals surface area contributed by atoms with Gasteiger partial charge in [-0.2, -0.15) is 0 Å². The number of hydrogen-bond donors (Lipinski definition) is 2. The number of nitrogens with one attached hydrogen (secondary N) is 2. The van der Waals surface area contributed by atoms with Crippen LogP contribution in [0.1, 0.15) is 51.6 Å². The monoisotopic (exact) mass is 524 g/mol. The fourth-order valence-electron chi connectivity index (χ4n) is 4.56. The third kappa shape index (κ3) is 7.08. The molecule has 1 aromatic carbocycles. The number of carbonyl (C=O) groups is 3. The number of ether oxygens (including phenoxy) is 3. The van der Waals surface area contributed by atoms with Crippen LogP contribution in [0.25, 0.3) is 21.9 Å². The molecule has 1 unspecified atom stereocenters. The highest BCUT2D eigenvalue weighted by atomic mass is 16.6. The number of hydrogen-bond acceptors (Lipinski definition) is 7. The van der Waals surface area contributed by atoms with E-state index in [1.165, 1.54) is 5.56 Å². The average Bonchev–Trinajstić information content (AvgIpc) is 3.18. The second kappa shape index (κ2) is 12.4. The number of nitrogens with zero attached hydrogens (tertiary/aromatic N) is 2. The van der Waals surface area contributed by atoms with Gasteiger partial charge in [-0.25, -0.2) is 9.78 Å². The zero-order chi connectivity index (χ0) is 27.1. The van der Waals surface area contributed by atoms with Crippen molar-refractivity contribution < 1.29 is 28.6 Å². The van der Waals surface area contributed by atoms with Crippen molar-refractivity contribution in [3.05, 3.63) is 42.1 Å². The molecule has 10 nitrogen and oxygen atoms in total. The number of carbonyl (C=O) groups excluding carboxylic acids is 3. The van der Waals surface area contributed by atoms with Crippen molar-refractivity contribution in [3.8, 4) is 0 Å². The maximum atomic E-state index is 12.6. The molecule has 3 heterocycles. The van der Waals surface area contributed by atoms with Crippen molar-refractivity contribution in [2.75, 3.05) is 33.0 Å². The van der Waals surface area contributed by atoms with Gasteiger partial charge in [0.25, 0.3) is 0 Å². The van der Waals surface area contributed by atoms with Gasteiger partial charge in [0.15, 0.2) is 0 Å². The van der Waals surface area contributed by atoms with E-state index in [-0.39, 0.29) is 11.8 Å². The Labute approximate surface area is 222 Å². The highest BCUT2D eigenvalue weighted by Crippen LogP contribution is 2.34. The molecule has 1 atom stereocenters. The molecule has 10 heteroatoms. The van der Waals surface area contributed by atoms with Crippen LogP contribution < -0.4 is 10.6 Å². The number of aromatic nitrogens is 2. The average molecular weight is 525 g/mol. The maximum Gasteiger partial charge on any atom is 0.407 e. The maximum absolute atomic E-state index is 12.6. The quantitative estimate of drug-likeness (QED) is 0.290. The van der Waals surface area contributed by atoms with E-state index in [2.05, 4.69) is 27.8 Å². The molecule has 1 aliphatic heterocycles. The van der Waals surface area contributed by atoms with Crippen LogP contribution in [0.3, 0.4) is 0 Å². The second-order valence-electron chi connectivity index (χ2n) is 10.3. The smallest absolute Gasteiger partial charge is 0.407 e. The molecule has 204 valence electrons. The number of alkyl carbamates (subject to hydrolysis) is 1. The van der Waals surface area contributed by atoms with Gasteiger partial charge in [0, 0.05) is 36.5 Å². The number of benzene rings is 1. The Morgan fingerprint density at radius 2 is 1.89 bits per heavy atom. The highest BCUT2D eigenvalue weighted by Gasteiger charge is 2.30.